The first-order valence-electron chi connectivity index (χ1n) is 8.17. The number of rotatable bonds is 4. The molecule has 0 spiro atoms. The number of halogens is 2. The number of nitrogens with one attached hydrogen (secondary N) is 2. The Morgan fingerprint density at radius 1 is 1.15 bits per heavy atom. The van der Waals surface area contributed by atoms with Gasteiger partial charge in [-0.1, -0.05) is 18.2 Å². The molecule has 2 N–H and O–H groups in total. The van der Waals surface area contributed by atoms with Crippen LogP contribution in [0.3, 0.4) is 0 Å². The van der Waals surface area contributed by atoms with Gasteiger partial charge in [0, 0.05) is 5.69 Å². The zero-order valence-electron chi connectivity index (χ0n) is 14.7. The number of carbonyl (C=O) groups excluding carboxylic acids is 3. The van der Waals surface area contributed by atoms with Gasteiger partial charge in [0.2, 0.25) is 5.91 Å². The second kappa shape index (κ2) is 6.79. The molecule has 4 amide bonds. The van der Waals surface area contributed by atoms with Gasteiger partial charge in [0.15, 0.2) is 0 Å². The average Bonchev–Trinajstić information content (AvgIpc) is 2.83. The molecule has 140 valence electrons. The molecule has 0 bridgehead atoms. The number of anilines is 1. The van der Waals surface area contributed by atoms with Crippen molar-refractivity contribution in [1.29, 1.82) is 0 Å². The zero-order valence-corrected chi connectivity index (χ0v) is 14.7. The average molecular weight is 373 g/mol. The summed E-state index contributed by atoms with van der Waals surface area (Å²) < 4.78 is 26.7. The number of nitrogens with zero attached hydrogens (tertiary/aromatic N) is 1. The summed E-state index contributed by atoms with van der Waals surface area (Å²) in [7, 11) is 0. The van der Waals surface area contributed by atoms with Gasteiger partial charge in [-0.2, -0.15) is 0 Å². The number of benzene rings is 2. The van der Waals surface area contributed by atoms with E-state index >= 15 is 0 Å². The van der Waals surface area contributed by atoms with Crippen molar-refractivity contribution < 1.29 is 23.2 Å². The lowest BCUT2D eigenvalue weighted by atomic mass is 9.92. The number of hydrogen-bond donors (Lipinski definition) is 2. The third-order valence-electron chi connectivity index (χ3n) is 4.45. The first-order valence-corrected chi connectivity index (χ1v) is 8.17. The molecule has 8 heteroatoms. The van der Waals surface area contributed by atoms with E-state index in [-0.39, 0.29) is 5.69 Å². The molecule has 27 heavy (non-hydrogen) atoms. The van der Waals surface area contributed by atoms with Crippen molar-refractivity contribution >= 4 is 23.5 Å². The molecule has 0 aliphatic carbocycles. The van der Waals surface area contributed by atoms with E-state index in [0.717, 1.165) is 11.0 Å². The fourth-order valence-electron chi connectivity index (χ4n) is 2.83. The molecule has 0 aromatic heterocycles. The quantitative estimate of drug-likeness (QED) is 0.809. The van der Waals surface area contributed by atoms with Crippen LogP contribution in [0.4, 0.5) is 19.3 Å². The van der Waals surface area contributed by atoms with E-state index in [9.17, 15) is 23.2 Å². The molecule has 1 aliphatic heterocycles. The smallest absolute Gasteiger partial charge is 0.324 e. The van der Waals surface area contributed by atoms with Gasteiger partial charge in [-0.15, -0.1) is 0 Å². The largest absolute Gasteiger partial charge is 0.325 e. The van der Waals surface area contributed by atoms with Gasteiger partial charge in [0.25, 0.3) is 5.91 Å². The van der Waals surface area contributed by atoms with Crippen molar-refractivity contribution in [2.75, 3.05) is 11.9 Å². The van der Waals surface area contributed by atoms with Crippen molar-refractivity contribution in [3.63, 3.8) is 0 Å². The molecule has 1 saturated heterocycles. The highest BCUT2D eigenvalue weighted by atomic mass is 19.1. The molecule has 1 atom stereocenters. The van der Waals surface area contributed by atoms with Crippen molar-refractivity contribution in [2.45, 2.75) is 19.4 Å². The van der Waals surface area contributed by atoms with E-state index in [1.165, 1.54) is 43.3 Å². The topological polar surface area (TPSA) is 78.5 Å². The van der Waals surface area contributed by atoms with Gasteiger partial charge >= 0.3 is 6.03 Å². The number of imide groups is 1. The summed E-state index contributed by atoms with van der Waals surface area (Å²) in [5.74, 6) is -2.23. The van der Waals surface area contributed by atoms with Crippen LogP contribution < -0.4 is 10.6 Å². The molecule has 1 unspecified atom stereocenters. The lowest BCUT2D eigenvalue weighted by Crippen LogP contribution is -2.42. The van der Waals surface area contributed by atoms with Crippen LogP contribution in [0.5, 0.6) is 0 Å². The van der Waals surface area contributed by atoms with E-state index in [0.29, 0.717) is 11.1 Å². The lowest BCUT2D eigenvalue weighted by molar-refractivity contribution is -0.133. The van der Waals surface area contributed by atoms with Crippen LogP contribution in [0.1, 0.15) is 18.1 Å². The molecule has 2 aromatic carbocycles. The minimum absolute atomic E-state index is 0.219. The number of aryl methyl sites for hydroxylation is 1. The van der Waals surface area contributed by atoms with Gasteiger partial charge in [-0.3, -0.25) is 14.5 Å². The summed E-state index contributed by atoms with van der Waals surface area (Å²) in [6.45, 7) is 2.54. The van der Waals surface area contributed by atoms with Crippen molar-refractivity contribution in [2.24, 2.45) is 0 Å². The van der Waals surface area contributed by atoms with Crippen LogP contribution in [0.2, 0.25) is 0 Å². The monoisotopic (exact) mass is 373 g/mol. The first kappa shape index (κ1) is 18.5. The van der Waals surface area contributed by atoms with E-state index in [4.69, 9.17) is 0 Å². The molecule has 6 nitrogen and oxygen atoms in total. The summed E-state index contributed by atoms with van der Waals surface area (Å²) in [4.78, 5) is 37.9. The number of carbonyl (C=O) groups is 3. The first-order chi connectivity index (χ1) is 12.7. The second-order valence-corrected chi connectivity index (χ2v) is 6.47. The van der Waals surface area contributed by atoms with Crippen LogP contribution in [-0.4, -0.2) is 29.3 Å². The van der Waals surface area contributed by atoms with Crippen LogP contribution in [0, 0.1) is 18.6 Å². The molecular formula is C19H17F2N3O3. The zero-order chi connectivity index (χ0) is 19.8. The van der Waals surface area contributed by atoms with Gasteiger partial charge in [0.1, 0.15) is 23.7 Å². The summed E-state index contributed by atoms with van der Waals surface area (Å²) >= 11 is 0. The van der Waals surface area contributed by atoms with Crippen LogP contribution >= 0.6 is 0 Å². The molecule has 0 radical (unpaired) electrons. The standard InChI is InChI=1S/C19H17F2N3O3/c1-11-3-8-14(9-15(11)21)22-16(25)10-24-17(26)19(2,23-18(24)27)12-4-6-13(20)7-5-12/h3-9H,10H2,1-2H3,(H,22,25)(H,23,27). The number of urea groups is 1. The molecule has 2 aromatic rings. The highest BCUT2D eigenvalue weighted by Gasteiger charge is 2.49. The molecular weight excluding hydrogens is 356 g/mol. The van der Waals surface area contributed by atoms with Crippen molar-refractivity contribution in [1.82, 2.24) is 10.2 Å². The van der Waals surface area contributed by atoms with Gasteiger partial charge in [-0.05, 0) is 49.2 Å². The van der Waals surface area contributed by atoms with Crippen LogP contribution in [-0.2, 0) is 15.1 Å². The van der Waals surface area contributed by atoms with E-state index in [1.807, 2.05) is 0 Å². The highest BCUT2D eigenvalue weighted by molar-refractivity contribution is 6.10. The highest BCUT2D eigenvalue weighted by Crippen LogP contribution is 2.28. The Hall–Kier alpha value is -3.29. The summed E-state index contributed by atoms with van der Waals surface area (Å²) in [5, 5.41) is 4.98. The second-order valence-electron chi connectivity index (χ2n) is 6.47. The maximum Gasteiger partial charge on any atom is 0.325 e. The molecule has 0 saturated carbocycles. The molecule has 1 fully saturated rings. The normalized spacial score (nSPS) is 19.2. The van der Waals surface area contributed by atoms with Gasteiger partial charge in [0.05, 0.1) is 0 Å². The predicted octanol–water partition coefficient (Wildman–Crippen LogP) is 2.68. The van der Waals surface area contributed by atoms with Crippen molar-refractivity contribution in [3.8, 4) is 0 Å². The van der Waals surface area contributed by atoms with E-state index in [2.05, 4.69) is 10.6 Å². The maximum absolute atomic E-state index is 13.6. The maximum atomic E-state index is 13.6. The molecule has 1 heterocycles. The fraction of sp³-hybridized carbons (Fsp3) is 0.211. The van der Waals surface area contributed by atoms with Crippen LogP contribution in [0.25, 0.3) is 0 Å². The third-order valence-corrected chi connectivity index (χ3v) is 4.45. The summed E-state index contributed by atoms with van der Waals surface area (Å²) in [6, 6.07) is 8.59. The van der Waals surface area contributed by atoms with E-state index < -0.39 is 41.6 Å². The Balaban J connectivity index is 1.74. The SMILES string of the molecule is Cc1ccc(NC(=O)CN2C(=O)NC(C)(c3ccc(F)cc3)C2=O)cc1F. The summed E-state index contributed by atoms with van der Waals surface area (Å²) in [6.07, 6.45) is 0. The predicted molar refractivity (Wildman–Crippen MR) is 93.8 cm³/mol. The Morgan fingerprint density at radius 3 is 2.44 bits per heavy atom. The lowest BCUT2D eigenvalue weighted by Gasteiger charge is -2.22. The Kier molecular flexibility index (Phi) is 4.65. The Bertz CT molecular complexity index is 930. The number of hydrogen-bond acceptors (Lipinski definition) is 3. The fourth-order valence-corrected chi connectivity index (χ4v) is 2.83. The number of amides is 4. The minimum Gasteiger partial charge on any atom is -0.324 e. The van der Waals surface area contributed by atoms with Gasteiger partial charge in [-0.25, -0.2) is 13.6 Å². The Labute approximate surface area is 154 Å². The molecule has 3 rings (SSSR count). The minimum atomic E-state index is -1.40. The van der Waals surface area contributed by atoms with Crippen molar-refractivity contribution in [3.05, 3.63) is 65.2 Å². The molecule has 1 aliphatic rings. The van der Waals surface area contributed by atoms with Crippen LogP contribution in [0.15, 0.2) is 42.5 Å². The summed E-state index contributed by atoms with van der Waals surface area (Å²) in [5.41, 5.74) is -0.361. The van der Waals surface area contributed by atoms with E-state index in [1.54, 1.807) is 6.92 Å². The Morgan fingerprint density at radius 2 is 1.81 bits per heavy atom. The third kappa shape index (κ3) is 3.51. The van der Waals surface area contributed by atoms with Gasteiger partial charge < -0.3 is 10.6 Å².